The molecule has 0 radical (unpaired) electrons. The number of hydrogen-bond donors (Lipinski definition) is 1. The average molecular weight is 347 g/mol. The van der Waals surface area contributed by atoms with Crippen molar-refractivity contribution >= 4 is 5.69 Å². The van der Waals surface area contributed by atoms with Crippen molar-refractivity contribution < 1.29 is 9.47 Å². The molecular weight excluding hydrogens is 322 g/mol. The second kappa shape index (κ2) is 8.95. The normalized spacial score (nSPS) is 10.4. The van der Waals surface area contributed by atoms with Crippen LogP contribution in [0.5, 0.6) is 11.5 Å². The lowest BCUT2D eigenvalue weighted by Crippen LogP contribution is -2.11. The van der Waals surface area contributed by atoms with E-state index in [0.29, 0.717) is 13.2 Å². The predicted molar refractivity (Wildman–Crippen MR) is 107 cm³/mol. The zero-order valence-corrected chi connectivity index (χ0v) is 15.4. The van der Waals surface area contributed by atoms with E-state index >= 15 is 0 Å². The van der Waals surface area contributed by atoms with E-state index in [4.69, 9.17) is 9.47 Å². The van der Waals surface area contributed by atoms with Gasteiger partial charge in [0.15, 0.2) is 0 Å². The van der Waals surface area contributed by atoms with Crippen LogP contribution in [0.25, 0.3) is 0 Å². The Kier molecular flexibility index (Phi) is 6.15. The van der Waals surface area contributed by atoms with Gasteiger partial charge in [0.2, 0.25) is 0 Å². The number of aryl methyl sites for hydroxylation is 1. The van der Waals surface area contributed by atoms with Crippen molar-refractivity contribution in [2.45, 2.75) is 20.4 Å². The van der Waals surface area contributed by atoms with E-state index in [2.05, 4.69) is 43.4 Å². The minimum atomic E-state index is 0.509. The third-order valence-electron chi connectivity index (χ3n) is 4.40. The molecule has 0 aromatic heterocycles. The van der Waals surface area contributed by atoms with Crippen LogP contribution in [0.3, 0.4) is 0 Å². The number of nitrogens with one attached hydrogen (secondary N) is 1. The lowest BCUT2D eigenvalue weighted by atomic mass is 10.1. The third kappa shape index (κ3) is 4.79. The molecule has 0 saturated carbocycles. The van der Waals surface area contributed by atoms with Crippen LogP contribution in [-0.4, -0.2) is 13.2 Å². The van der Waals surface area contributed by atoms with Crippen LogP contribution in [0.15, 0.2) is 72.8 Å². The molecule has 0 unspecified atom stereocenters. The van der Waals surface area contributed by atoms with E-state index in [1.807, 2.05) is 48.5 Å². The molecule has 134 valence electrons. The van der Waals surface area contributed by atoms with Crippen molar-refractivity contribution in [3.8, 4) is 11.5 Å². The average Bonchev–Trinajstić information content (AvgIpc) is 2.68. The fraction of sp³-hybridized carbons (Fsp3) is 0.217. The minimum Gasteiger partial charge on any atom is -0.490 e. The largest absolute Gasteiger partial charge is 0.490 e. The van der Waals surface area contributed by atoms with Crippen molar-refractivity contribution in [1.82, 2.24) is 0 Å². The van der Waals surface area contributed by atoms with Gasteiger partial charge in [-0.3, -0.25) is 0 Å². The predicted octanol–water partition coefficient (Wildman–Crippen LogP) is 5.37. The standard InChI is InChI=1S/C23H25NO2/c1-18-9-8-13-22(19(18)2)24-17-20-10-6-7-14-23(20)26-16-15-25-21-11-4-3-5-12-21/h3-14,24H,15-17H2,1-2H3. The summed E-state index contributed by atoms with van der Waals surface area (Å²) in [6, 6.07) is 24.2. The summed E-state index contributed by atoms with van der Waals surface area (Å²) < 4.78 is 11.6. The van der Waals surface area contributed by atoms with Crippen LogP contribution >= 0.6 is 0 Å². The van der Waals surface area contributed by atoms with Gasteiger partial charge in [-0.15, -0.1) is 0 Å². The van der Waals surface area contributed by atoms with E-state index in [0.717, 1.165) is 29.3 Å². The highest BCUT2D eigenvalue weighted by Crippen LogP contribution is 2.22. The van der Waals surface area contributed by atoms with Crippen LogP contribution in [0.1, 0.15) is 16.7 Å². The highest BCUT2D eigenvalue weighted by molar-refractivity contribution is 5.54. The van der Waals surface area contributed by atoms with Crippen molar-refractivity contribution in [2.75, 3.05) is 18.5 Å². The molecule has 3 aromatic rings. The summed E-state index contributed by atoms with van der Waals surface area (Å²) in [6.07, 6.45) is 0. The van der Waals surface area contributed by atoms with Crippen LogP contribution in [-0.2, 0) is 6.54 Å². The second-order valence-electron chi connectivity index (χ2n) is 6.22. The third-order valence-corrected chi connectivity index (χ3v) is 4.40. The van der Waals surface area contributed by atoms with E-state index in [9.17, 15) is 0 Å². The number of benzene rings is 3. The van der Waals surface area contributed by atoms with Crippen LogP contribution in [0.4, 0.5) is 5.69 Å². The zero-order chi connectivity index (χ0) is 18.2. The van der Waals surface area contributed by atoms with Gasteiger partial charge in [0.1, 0.15) is 24.7 Å². The summed E-state index contributed by atoms with van der Waals surface area (Å²) >= 11 is 0. The Balaban J connectivity index is 1.55. The molecule has 3 nitrogen and oxygen atoms in total. The molecule has 0 amide bonds. The highest BCUT2D eigenvalue weighted by Gasteiger charge is 2.05. The maximum Gasteiger partial charge on any atom is 0.124 e. The Morgan fingerprint density at radius 2 is 1.46 bits per heavy atom. The smallest absolute Gasteiger partial charge is 0.124 e. The van der Waals surface area contributed by atoms with Crippen LogP contribution < -0.4 is 14.8 Å². The monoisotopic (exact) mass is 347 g/mol. The maximum absolute atomic E-state index is 5.94. The fourth-order valence-electron chi connectivity index (χ4n) is 2.75. The minimum absolute atomic E-state index is 0.509. The number of anilines is 1. The number of rotatable bonds is 8. The lowest BCUT2D eigenvalue weighted by Gasteiger charge is -2.15. The van der Waals surface area contributed by atoms with Crippen molar-refractivity contribution in [2.24, 2.45) is 0 Å². The van der Waals surface area contributed by atoms with Gasteiger partial charge in [0.25, 0.3) is 0 Å². The lowest BCUT2D eigenvalue weighted by molar-refractivity contribution is 0.216. The molecule has 26 heavy (non-hydrogen) atoms. The van der Waals surface area contributed by atoms with E-state index in [1.54, 1.807) is 0 Å². The SMILES string of the molecule is Cc1cccc(NCc2ccccc2OCCOc2ccccc2)c1C. The second-order valence-corrected chi connectivity index (χ2v) is 6.22. The first kappa shape index (κ1) is 17.9. The van der Waals surface area contributed by atoms with Crippen molar-refractivity contribution in [3.05, 3.63) is 89.5 Å². The van der Waals surface area contributed by atoms with Gasteiger partial charge < -0.3 is 14.8 Å². The molecule has 0 heterocycles. The molecule has 0 saturated heterocycles. The number of hydrogen-bond acceptors (Lipinski definition) is 3. The first-order valence-electron chi connectivity index (χ1n) is 8.92. The molecule has 0 atom stereocenters. The molecule has 3 aromatic carbocycles. The Bertz CT molecular complexity index is 831. The molecule has 0 aliphatic carbocycles. The summed E-state index contributed by atoms with van der Waals surface area (Å²) in [5.74, 6) is 1.75. The van der Waals surface area contributed by atoms with Gasteiger partial charge in [0.05, 0.1) is 0 Å². The first-order chi connectivity index (χ1) is 12.7. The molecular formula is C23H25NO2. The van der Waals surface area contributed by atoms with Gasteiger partial charge in [-0.25, -0.2) is 0 Å². The number of ether oxygens (including phenoxy) is 2. The number of para-hydroxylation sites is 2. The van der Waals surface area contributed by atoms with Crippen LogP contribution in [0, 0.1) is 13.8 Å². The van der Waals surface area contributed by atoms with Crippen molar-refractivity contribution in [1.29, 1.82) is 0 Å². The topological polar surface area (TPSA) is 30.5 Å². The van der Waals surface area contributed by atoms with Crippen molar-refractivity contribution in [3.63, 3.8) is 0 Å². The van der Waals surface area contributed by atoms with Gasteiger partial charge in [-0.1, -0.05) is 48.5 Å². The quantitative estimate of drug-likeness (QED) is 0.555. The van der Waals surface area contributed by atoms with Crippen LogP contribution in [0.2, 0.25) is 0 Å². The van der Waals surface area contributed by atoms with E-state index in [-0.39, 0.29) is 0 Å². The molecule has 0 spiro atoms. The molecule has 0 bridgehead atoms. The summed E-state index contributed by atoms with van der Waals surface area (Å²) in [5.41, 5.74) is 4.86. The van der Waals surface area contributed by atoms with E-state index in [1.165, 1.54) is 11.1 Å². The van der Waals surface area contributed by atoms with Gasteiger partial charge in [-0.2, -0.15) is 0 Å². The fourth-order valence-corrected chi connectivity index (χ4v) is 2.75. The summed E-state index contributed by atoms with van der Waals surface area (Å²) in [7, 11) is 0. The molecule has 0 fully saturated rings. The Morgan fingerprint density at radius 3 is 2.31 bits per heavy atom. The van der Waals surface area contributed by atoms with Gasteiger partial charge >= 0.3 is 0 Å². The summed E-state index contributed by atoms with van der Waals surface area (Å²) in [6.45, 7) is 6.02. The molecule has 3 heteroatoms. The summed E-state index contributed by atoms with van der Waals surface area (Å²) in [4.78, 5) is 0. The Labute approximate surface area is 155 Å². The van der Waals surface area contributed by atoms with Gasteiger partial charge in [0, 0.05) is 17.8 Å². The molecule has 0 aliphatic rings. The summed E-state index contributed by atoms with van der Waals surface area (Å²) in [5, 5.41) is 3.52. The van der Waals surface area contributed by atoms with Gasteiger partial charge in [-0.05, 0) is 49.2 Å². The zero-order valence-electron chi connectivity index (χ0n) is 15.4. The first-order valence-corrected chi connectivity index (χ1v) is 8.92. The molecule has 1 N–H and O–H groups in total. The Hall–Kier alpha value is -2.94. The Morgan fingerprint density at radius 1 is 0.731 bits per heavy atom. The molecule has 0 aliphatic heterocycles. The highest BCUT2D eigenvalue weighted by atomic mass is 16.5. The van der Waals surface area contributed by atoms with E-state index < -0.39 is 0 Å². The maximum atomic E-state index is 5.94. The molecule has 3 rings (SSSR count).